The zero-order chi connectivity index (χ0) is 15.5. The van der Waals surface area contributed by atoms with Crippen molar-refractivity contribution in [3.8, 4) is 0 Å². The predicted octanol–water partition coefficient (Wildman–Crippen LogP) is 2.46. The van der Waals surface area contributed by atoms with E-state index in [1.54, 1.807) is 0 Å². The first-order chi connectivity index (χ1) is 10.6. The Morgan fingerprint density at radius 3 is 2.27 bits per heavy atom. The number of benzene rings is 1. The molecule has 3 atom stereocenters. The fourth-order valence-electron chi connectivity index (χ4n) is 3.68. The van der Waals surface area contributed by atoms with E-state index in [-0.39, 0.29) is 24.2 Å². The largest absolute Gasteiger partial charge is 0.373 e. The van der Waals surface area contributed by atoms with E-state index < -0.39 is 0 Å². The van der Waals surface area contributed by atoms with Gasteiger partial charge in [0.2, 0.25) is 5.91 Å². The van der Waals surface area contributed by atoms with Crippen molar-refractivity contribution < 1.29 is 9.53 Å². The summed E-state index contributed by atoms with van der Waals surface area (Å²) in [6, 6.07) is 10.0. The average molecular weight is 302 g/mol. The first kappa shape index (κ1) is 15.5. The summed E-state index contributed by atoms with van der Waals surface area (Å²) in [4.78, 5) is 17.4. The Balaban J connectivity index is 1.87. The second-order valence-electron chi connectivity index (χ2n) is 6.56. The van der Waals surface area contributed by atoms with Gasteiger partial charge >= 0.3 is 0 Å². The van der Waals surface area contributed by atoms with Crippen LogP contribution < -0.4 is 0 Å². The number of hydrogen-bond donors (Lipinski definition) is 0. The predicted molar refractivity (Wildman–Crippen MR) is 86.6 cm³/mol. The quantitative estimate of drug-likeness (QED) is 0.860. The number of hydrogen-bond acceptors (Lipinski definition) is 3. The van der Waals surface area contributed by atoms with Gasteiger partial charge in [0.1, 0.15) is 6.04 Å². The molecule has 0 bridgehead atoms. The molecule has 1 aromatic carbocycles. The van der Waals surface area contributed by atoms with E-state index in [9.17, 15) is 4.79 Å². The van der Waals surface area contributed by atoms with Gasteiger partial charge in [0.15, 0.2) is 0 Å². The first-order valence-corrected chi connectivity index (χ1v) is 8.38. The molecular weight excluding hydrogens is 276 g/mol. The van der Waals surface area contributed by atoms with Crippen molar-refractivity contribution in [2.75, 3.05) is 26.2 Å². The van der Waals surface area contributed by atoms with Gasteiger partial charge in [0, 0.05) is 26.2 Å². The summed E-state index contributed by atoms with van der Waals surface area (Å²) >= 11 is 0. The zero-order valence-electron chi connectivity index (χ0n) is 13.6. The minimum Gasteiger partial charge on any atom is -0.373 e. The summed E-state index contributed by atoms with van der Waals surface area (Å²) in [6.45, 7) is 7.60. The number of amides is 1. The third-order valence-electron chi connectivity index (χ3n) is 4.58. The molecule has 3 rings (SSSR count). The monoisotopic (exact) mass is 302 g/mol. The summed E-state index contributed by atoms with van der Waals surface area (Å²) in [7, 11) is 0. The number of nitrogens with zero attached hydrogens (tertiary/aromatic N) is 2. The SMILES string of the molecule is C[C@@H]1CN([C@H](C(=O)N2CCCC2)c2ccccc2)C[C@H](C)O1. The Hall–Kier alpha value is -1.39. The molecule has 2 aliphatic rings. The summed E-state index contributed by atoms with van der Waals surface area (Å²) in [6.07, 6.45) is 2.59. The molecule has 0 N–H and O–H groups in total. The molecule has 0 aliphatic carbocycles. The molecule has 2 heterocycles. The maximum absolute atomic E-state index is 13.1. The van der Waals surface area contributed by atoms with Gasteiger partial charge in [-0.05, 0) is 32.3 Å². The van der Waals surface area contributed by atoms with Crippen molar-refractivity contribution in [3.63, 3.8) is 0 Å². The fraction of sp³-hybridized carbons (Fsp3) is 0.611. The van der Waals surface area contributed by atoms with Gasteiger partial charge in [-0.3, -0.25) is 9.69 Å². The molecule has 2 fully saturated rings. The van der Waals surface area contributed by atoms with Crippen molar-refractivity contribution in [3.05, 3.63) is 35.9 Å². The lowest BCUT2D eigenvalue weighted by Crippen LogP contribution is -2.51. The molecule has 0 unspecified atom stereocenters. The van der Waals surface area contributed by atoms with Gasteiger partial charge in [0.25, 0.3) is 0 Å². The Bertz CT molecular complexity index is 489. The average Bonchev–Trinajstić information content (AvgIpc) is 3.02. The number of ether oxygens (including phenoxy) is 1. The van der Waals surface area contributed by atoms with Crippen LogP contribution in [-0.2, 0) is 9.53 Å². The second kappa shape index (κ2) is 6.80. The Morgan fingerprint density at radius 1 is 1.09 bits per heavy atom. The van der Waals surface area contributed by atoms with Crippen LogP contribution >= 0.6 is 0 Å². The molecule has 1 aromatic rings. The third-order valence-corrected chi connectivity index (χ3v) is 4.58. The molecule has 0 radical (unpaired) electrons. The van der Waals surface area contributed by atoms with E-state index in [1.165, 1.54) is 0 Å². The number of likely N-dealkylation sites (tertiary alicyclic amines) is 1. The summed E-state index contributed by atoms with van der Waals surface area (Å²) < 4.78 is 5.84. The van der Waals surface area contributed by atoms with Crippen molar-refractivity contribution >= 4 is 5.91 Å². The van der Waals surface area contributed by atoms with Crippen LogP contribution in [0.2, 0.25) is 0 Å². The minimum absolute atomic E-state index is 0.168. The topological polar surface area (TPSA) is 32.8 Å². The van der Waals surface area contributed by atoms with Crippen LogP contribution in [0.1, 0.15) is 38.3 Å². The molecule has 2 aliphatic heterocycles. The Kier molecular flexibility index (Phi) is 4.79. The minimum atomic E-state index is -0.173. The second-order valence-corrected chi connectivity index (χ2v) is 6.56. The molecular formula is C18H26N2O2. The van der Waals surface area contributed by atoms with Gasteiger partial charge < -0.3 is 9.64 Å². The van der Waals surface area contributed by atoms with E-state index in [0.29, 0.717) is 0 Å². The van der Waals surface area contributed by atoms with Crippen LogP contribution in [0.15, 0.2) is 30.3 Å². The molecule has 0 saturated carbocycles. The highest BCUT2D eigenvalue weighted by molar-refractivity contribution is 5.83. The van der Waals surface area contributed by atoms with E-state index in [2.05, 4.69) is 30.9 Å². The molecule has 1 amide bonds. The van der Waals surface area contributed by atoms with Crippen LogP contribution in [0.3, 0.4) is 0 Å². The highest BCUT2D eigenvalue weighted by Crippen LogP contribution is 2.28. The number of carbonyl (C=O) groups is 1. The van der Waals surface area contributed by atoms with Crippen molar-refractivity contribution in [2.45, 2.75) is 44.9 Å². The standard InChI is InChI=1S/C18H26N2O2/c1-14-12-20(13-15(2)22-14)17(16-8-4-3-5-9-16)18(21)19-10-6-7-11-19/h3-5,8-9,14-15,17H,6-7,10-13H2,1-2H3/t14-,15+,17-/m0/s1. The number of carbonyl (C=O) groups excluding carboxylic acids is 1. The molecule has 4 nitrogen and oxygen atoms in total. The maximum atomic E-state index is 13.1. The smallest absolute Gasteiger partial charge is 0.244 e. The lowest BCUT2D eigenvalue weighted by atomic mass is 10.0. The van der Waals surface area contributed by atoms with E-state index in [4.69, 9.17) is 4.74 Å². The van der Waals surface area contributed by atoms with Crippen molar-refractivity contribution in [1.29, 1.82) is 0 Å². The third kappa shape index (κ3) is 3.33. The Morgan fingerprint density at radius 2 is 1.68 bits per heavy atom. The van der Waals surface area contributed by atoms with E-state index >= 15 is 0 Å². The fourth-order valence-corrected chi connectivity index (χ4v) is 3.68. The van der Waals surface area contributed by atoms with Crippen LogP contribution in [-0.4, -0.2) is 54.1 Å². The van der Waals surface area contributed by atoms with Crippen LogP contribution in [0.25, 0.3) is 0 Å². The number of rotatable bonds is 3. The van der Waals surface area contributed by atoms with Crippen LogP contribution in [0.4, 0.5) is 0 Å². The van der Waals surface area contributed by atoms with Crippen LogP contribution in [0.5, 0.6) is 0 Å². The molecule has 22 heavy (non-hydrogen) atoms. The molecule has 4 heteroatoms. The highest BCUT2D eigenvalue weighted by Gasteiger charge is 2.36. The lowest BCUT2D eigenvalue weighted by Gasteiger charge is -2.40. The van der Waals surface area contributed by atoms with Crippen molar-refractivity contribution in [2.24, 2.45) is 0 Å². The highest BCUT2D eigenvalue weighted by atomic mass is 16.5. The maximum Gasteiger partial charge on any atom is 0.244 e. The van der Waals surface area contributed by atoms with Gasteiger partial charge in [0.05, 0.1) is 12.2 Å². The first-order valence-electron chi connectivity index (χ1n) is 8.38. The number of morpholine rings is 1. The summed E-state index contributed by atoms with van der Waals surface area (Å²) in [5, 5.41) is 0. The lowest BCUT2D eigenvalue weighted by molar-refractivity contribution is -0.142. The van der Waals surface area contributed by atoms with Gasteiger partial charge in [-0.15, -0.1) is 0 Å². The van der Waals surface area contributed by atoms with Gasteiger partial charge in [-0.2, -0.15) is 0 Å². The van der Waals surface area contributed by atoms with Crippen LogP contribution in [0, 0.1) is 0 Å². The molecule has 0 spiro atoms. The molecule has 2 saturated heterocycles. The summed E-state index contributed by atoms with van der Waals surface area (Å²) in [5.41, 5.74) is 1.10. The molecule has 120 valence electrons. The van der Waals surface area contributed by atoms with Crippen molar-refractivity contribution in [1.82, 2.24) is 9.80 Å². The summed E-state index contributed by atoms with van der Waals surface area (Å²) in [5.74, 6) is 0.255. The molecule has 0 aromatic heterocycles. The van der Waals surface area contributed by atoms with E-state index in [0.717, 1.165) is 44.6 Å². The van der Waals surface area contributed by atoms with Gasteiger partial charge in [-0.1, -0.05) is 30.3 Å². The zero-order valence-corrected chi connectivity index (χ0v) is 13.6. The van der Waals surface area contributed by atoms with Gasteiger partial charge in [-0.25, -0.2) is 0 Å². The Labute approximate surface area is 133 Å². The normalized spacial score (nSPS) is 27.8. The van der Waals surface area contributed by atoms with E-state index in [1.807, 2.05) is 23.1 Å².